The fraction of sp³-hybridized carbons (Fsp3) is 0.200. The molecule has 0 bridgehead atoms. The number of amides is 1. The molecule has 0 aromatic heterocycles. The Morgan fingerprint density at radius 1 is 0.871 bits per heavy atom. The summed E-state index contributed by atoms with van der Waals surface area (Å²) in [7, 11) is 1.60. The molecule has 3 rings (SSSR count). The zero-order chi connectivity index (χ0) is 22.1. The van der Waals surface area contributed by atoms with Gasteiger partial charge in [-0.05, 0) is 42.8 Å². The number of carbonyl (C=O) groups is 2. The molecule has 0 fully saturated rings. The van der Waals surface area contributed by atoms with E-state index in [1.807, 2.05) is 60.7 Å². The number of carbonyl (C=O) groups excluding carboxylic acids is 2. The molecule has 160 valence electrons. The lowest BCUT2D eigenvalue weighted by molar-refractivity contribution is -0.129. The maximum Gasteiger partial charge on any atom is 0.339 e. The van der Waals surface area contributed by atoms with Crippen LogP contribution in [-0.2, 0) is 22.7 Å². The van der Waals surface area contributed by atoms with Gasteiger partial charge in [-0.25, -0.2) is 4.79 Å². The lowest BCUT2D eigenvalue weighted by atomic mass is 10.1. The Kier molecular flexibility index (Phi) is 7.65. The van der Waals surface area contributed by atoms with Gasteiger partial charge in [-0.15, -0.1) is 0 Å². The Morgan fingerprint density at radius 2 is 1.55 bits per heavy atom. The van der Waals surface area contributed by atoms with Crippen LogP contribution in [0.25, 0.3) is 0 Å². The molecule has 0 saturated carbocycles. The van der Waals surface area contributed by atoms with Crippen LogP contribution in [0.2, 0.25) is 0 Å². The van der Waals surface area contributed by atoms with E-state index in [0.29, 0.717) is 23.4 Å². The normalized spacial score (nSPS) is 11.3. The summed E-state index contributed by atoms with van der Waals surface area (Å²) in [5, 5.41) is 2.77. The van der Waals surface area contributed by atoms with Gasteiger partial charge in [0.25, 0.3) is 5.91 Å². The van der Waals surface area contributed by atoms with Gasteiger partial charge in [-0.2, -0.15) is 0 Å². The molecular weight excluding hydrogens is 394 g/mol. The molecule has 3 aromatic carbocycles. The first-order chi connectivity index (χ1) is 15.1. The molecule has 1 atom stereocenters. The summed E-state index contributed by atoms with van der Waals surface area (Å²) in [5.74, 6) is 0.505. The van der Waals surface area contributed by atoms with Gasteiger partial charge in [-0.1, -0.05) is 48.5 Å². The first-order valence-corrected chi connectivity index (χ1v) is 9.94. The number of hydrogen-bond donors (Lipinski definition) is 1. The zero-order valence-electron chi connectivity index (χ0n) is 17.5. The number of nitrogens with one attached hydrogen (secondary N) is 1. The SMILES string of the molecule is COc1ccc(CNC(=O)[C@H](C)OC(=O)c2ccccc2COc2ccccc2)cc1. The molecule has 0 saturated heterocycles. The van der Waals surface area contributed by atoms with E-state index in [1.165, 1.54) is 0 Å². The number of rotatable bonds is 9. The van der Waals surface area contributed by atoms with Gasteiger partial charge in [0, 0.05) is 12.1 Å². The van der Waals surface area contributed by atoms with E-state index in [-0.39, 0.29) is 12.5 Å². The average Bonchev–Trinajstić information content (AvgIpc) is 2.82. The van der Waals surface area contributed by atoms with Crippen LogP contribution in [0.1, 0.15) is 28.4 Å². The predicted molar refractivity (Wildman–Crippen MR) is 117 cm³/mol. The minimum atomic E-state index is -0.936. The molecule has 0 unspecified atom stereocenters. The van der Waals surface area contributed by atoms with Crippen molar-refractivity contribution in [1.29, 1.82) is 0 Å². The second-order valence-corrected chi connectivity index (χ2v) is 6.87. The minimum Gasteiger partial charge on any atom is -0.497 e. The third-order valence-corrected chi connectivity index (χ3v) is 4.65. The highest BCUT2D eigenvalue weighted by Gasteiger charge is 2.20. The zero-order valence-corrected chi connectivity index (χ0v) is 17.5. The van der Waals surface area contributed by atoms with Crippen LogP contribution in [0.15, 0.2) is 78.9 Å². The smallest absolute Gasteiger partial charge is 0.339 e. The summed E-state index contributed by atoms with van der Waals surface area (Å²) in [6.45, 7) is 2.09. The Morgan fingerprint density at radius 3 is 2.26 bits per heavy atom. The average molecular weight is 419 g/mol. The van der Waals surface area contributed by atoms with Crippen LogP contribution >= 0.6 is 0 Å². The maximum atomic E-state index is 12.7. The van der Waals surface area contributed by atoms with E-state index in [4.69, 9.17) is 14.2 Å². The van der Waals surface area contributed by atoms with E-state index in [2.05, 4.69) is 5.32 Å². The van der Waals surface area contributed by atoms with Crippen molar-refractivity contribution < 1.29 is 23.8 Å². The molecule has 3 aromatic rings. The Labute approximate surface area is 181 Å². The monoisotopic (exact) mass is 419 g/mol. The molecule has 1 N–H and O–H groups in total. The molecule has 1 amide bonds. The Bertz CT molecular complexity index is 1000. The Balaban J connectivity index is 1.55. The second kappa shape index (κ2) is 10.8. The number of benzene rings is 3. The van der Waals surface area contributed by atoms with Gasteiger partial charge in [0.2, 0.25) is 0 Å². The van der Waals surface area contributed by atoms with Crippen molar-refractivity contribution in [3.63, 3.8) is 0 Å². The van der Waals surface area contributed by atoms with Gasteiger partial charge >= 0.3 is 5.97 Å². The van der Waals surface area contributed by atoms with Gasteiger partial charge in [-0.3, -0.25) is 4.79 Å². The molecule has 0 aliphatic carbocycles. The Hall–Kier alpha value is -3.80. The van der Waals surface area contributed by atoms with Crippen molar-refractivity contribution in [2.45, 2.75) is 26.2 Å². The maximum absolute atomic E-state index is 12.7. The molecule has 31 heavy (non-hydrogen) atoms. The molecule has 0 radical (unpaired) electrons. The van der Waals surface area contributed by atoms with Crippen LogP contribution in [0.3, 0.4) is 0 Å². The predicted octanol–water partition coefficient (Wildman–Crippen LogP) is 4.14. The summed E-state index contributed by atoms with van der Waals surface area (Å²) in [4.78, 5) is 25.0. The largest absolute Gasteiger partial charge is 0.497 e. The summed E-state index contributed by atoms with van der Waals surface area (Å²) in [6, 6.07) is 23.7. The highest BCUT2D eigenvalue weighted by molar-refractivity contribution is 5.93. The van der Waals surface area contributed by atoms with E-state index in [9.17, 15) is 9.59 Å². The number of ether oxygens (including phenoxy) is 3. The van der Waals surface area contributed by atoms with Gasteiger partial charge in [0.15, 0.2) is 6.10 Å². The third-order valence-electron chi connectivity index (χ3n) is 4.65. The van der Waals surface area contributed by atoms with Crippen LogP contribution in [0.4, 0.5) is 0 Å². The number of hydrogen-bond acceptors (Lipinski definition) is 5. The van der Waals surface area contributed by atoms with E-state index in [1.54, 1.807) is 32.2 Å². The minimum absolute atomic E-state index is 0.216. The number of para-hydroxylation sites is 1. The molecule has 0 heterocycles. The molecule has 6 nitrogen and oxygen atoms in total. The first kappa shape index (κ1) is 21.9. The quantitative estimate of drug-likeness (QED) is 0.528. The van der Waals surface area contributed by atoms with Crippen molar-refractivity contribution in [1.82, 2.24) is 5.32 Å². The van der Waals surface area contributed by atoms with E-state index < -0.39 is 12.1 Å². The van der Waals surface area contributed by atoms with Crippen molar-refractivity contribution in [2.24, 2.45) is 0 Å². The molecule has 0 spiro atoms. The standard InChI is InChI=1S/C25H25NO5/c1-18(24(27)26-16-19-12-14-21(29-2)15-13-19)31-25(28)23-11-7-6-8-20(23)17-30-22-9-4-3-5-10-22/h3-15,18H,16-17H2,1-2H3,(H,26,27)/t18-/m0/s1. The fourth-order valence-electron chi connectivity index (χ4n) is 2.88. The van der Waals surface area contributed by atoms with Gasteiger partial charge in [0.05, 0.1) is 12.7 Å². The van der Waals surface area contributed by atoms with Crippen molar-refractivity contribution >= 4 is 11.9 Å². The topological polar surface area (TPSA) is 73.9 Å². The van der Waals surface area contributed by atoms with Crippen molar-refractivity contribution in [2.75, 3.05) is 7.11 Å². The van der Waals surface area contributed by atoms with Crippen LogP contribution in [0.5, 0.6) is 11.5 Å². The highest BCUT2D eigenvalue weighted by Crippen LogP contribution is 2.16. The number of esters is 1. The van der Waals surface area contributed by atoms with Crippen molar-refractivity contribution in [3.8, 4) is 11.5 Å². The molecule has 6 heteroatoms. The molecular formula is C25H25NO5. The second-order valence-electron chi connectivity index (χ2n) is 6.87. The van der Waals surface area contributed by atoms with Gasteiger partial charge in [0.1, 0.15) is 18.1 Å². The number of methoxy groups -OCH3 is 1. The summed E-state index contributed by atoms with van der Waals surface area (Å²) in [6.07, 6.45) is -0.936. The van der Waals surface area contributed by atoms with Crippen LogP contribution in [0, 0.1) is 0 Å². The van der Waals surface area contributed by atoms with Crippen LogP contribution < -0.4 is 14.8 Å². The van der Waals surface area contributed by atoms with Crippen LogP contribution in [-0.4, -0.2) is 25.1 Å². The van der Waals surface area contributed by atoms with E-state index in [0.717, 1.165) is 11.3 Å². The summed E-state index contributed by atoms with van der Waals surface area (Å²) < 4.78 is 16.2. The van der Waals surface area contributed by atoms with Gasteiger partial charge < -0.3 is 19.5 Å². The fourth-order valence-corrected chi connectivity index (χ4v) is 2.88. The summed E-state index contributed by atoms with van der Waals surface area (Å²) >= 11 is 0. The van der Waals surface area contributed by atoms with E-state index >= 15 is 0 Å². The summed E-state index contributed by atoms with van der Waals surface area (Å²) in [5.41, 5.74) is 1.96. The molecule has 0 aliphatic heterocycles. The first-order valence-electron chi connectivity index (χ1n) is 9.94. The third kappa shape index (κ3) is 6.34. The lowest BCUT2D eigenvalue weighted by Crippen LogP contribution is -2.35. The van der Waals surface area contributed by atoms with Crippen molar-refractivity contribution in [3.05, 3.63) is 95.6 Å². The molecule has 0 aliphatic rings. The highest BCUT2D eigenvalue weighted by atomic mass is 16.5. The lowest BCUT2D eigenvalue weighted by Gasteiger charge is -2.15.